The molecule has 2 unspecified atom stereocenters. The van der Waals surface area contributed by atoms with Gasteiger partial charge in [0.05, 0.1) is 17.6 Å². The van der Waals surface area contributed by atoms with E-state index in [1.54, 1.807) is 48.5 Å². The van der Waals surface area contributed by atoms with E-state index in [0.717, 1.165) is 24.0 Å². The van der Waals surface area contributed by atoms with Gasteiger partial charge in [0, 0.05) is 38.5 Å². The van der Waals surface area contributed by atoms with E-state index < -0.39 is 28.0 Å². The molecule has 0 aliphatic carbocycles. The molecule has 10 nitrogen and oxygen atoms in total. The number of nitrogens with one attached hydrogen (secondary N) is 2. The molecule has 2 N–H and O–H groups in total. The Kier molecular flexibility index (Phi) is 9.41. The number of benzene rings is 3. The van der Waals surface area contributed by atoms with Crippen LogP contribution in [0.2, 0.25) is 0 Å². The Hall–Kier alpha value is -3.93. The first-order valence-corrected chi connectivity index (χ1v) is 15.6. The van der Waals surface area contributed by atoms with Crippen LogP contribution in [0, 0.1) is 0 Å². The van der Waals surface area contributed by atoms with Crippen LogP contribution in [-0.2, 0) is 19.6 Å². The first-order valence-electron chi connectivity index (χ1n) is 14.2. The number of carbonyl (C=O) groups excluding carboxylic acids is 2. The monoisotopic (exact) mass is 592 g/mol. The fourth-order valence-corrected chi connectivity index (χ4v) is 6.75. The lowest BCUT2D eigenvalue weighted by atomic mass is 10.1. The zero-order valence-electron chi connectivity index (χ0n) is 23.6. The molecule has 2 fully saturated rings. The summed E-state index contributed by atoms with van der Waals surface area (Å²) >= 11 is 0. The minimum Gasteiger partial charge on any atom is -0.494 e. The third-order valence-electron chi connectivity index (χ3n) is 7.43. The summed E-state index contributed by atoms with van der Waals surface area (Å²) in [4.78, 5) is 28.2. The number of piperazine rings is 1. The molecule has 222 valence electrons. The van der Waals surface area contributed by atoms with Crippen molar-refractivity contribution < 1.29 is 27.5 Å². The molecule has 2 aliphatic rings. The van der Waals surface area contributed by atoms with Crippen LogP contribution in [0.5, 0.6) is 5.75 Å². The number of hydrogen-bond donors (Lipinski definition) is 2. The second kappa shape index (κ2) is 13.4. The largest absolute Gasteiger partial charge is 0.494 e. The Morgan fingerprint density at radius 2 is 1.67 bits per heavy atom. The van der Waals surface area contributed by atoms with Gasteiger partial charge in [-0.05, 0) is 67.3 Å². The van der Waals surface area contributed by atoms with Gasteiger partial charge >= 0.3 is 6.03 Å². The summed E-state index contributed by atoms with van der Waals surface area (Å²) in [6, 6.07) is 21.8. The van der Waals surface area contributed by atoms with Crippen molar-refractivity contribution in [1.82, 2.24) is 14.5 Å². The minimum atomic E-state index is -4.04. The molecule has 2 heterocycles. The highest BCUT2D eigenvalue weighted by Crippen LogP contribution is 2.26. The van der Waals surface area contributed by atoms with E-state index in [1.807, 2.05) is 37.3 Å². The molecule has 0 saturated carbocycles. The normalized spacial score (nSPS) is 19.3. The Bertz CT molecular complexity index is 1460. The number of anilines is 1. The molecule has 0 bridgehead atoms. The van der Waals surface area contributed by atoms with Crippen LogP contribution >= 0.6 is 0 Å². The number of hydrogen-bond acceptors (Lipinski definition) is 6. The second-order valence-electron chi connectivity index (χ2n) is 10.2. The highest BCUT2D eigenvalue weighted by molar-refractivity contribution is 7.89. The number of amides is 3. The van der Waals surface area contributed by atoms with Crippen molar-refractivity contribution in [3.05, 3.63) is 78.9 Å². The van der Waals surface area contributed by atoms with Crippen LogP contribution in [0.25, 0.3) is 11.1 Å². The fourth-order valence-electron chi connectivity index (χ4n) is 5.18. The van der Waals surface area contributed by atoms with E-state index in [2.05, 4.69) is 10.6 Å². The molecular weight excluding hydrogens is 556 g/mol. The van der Waals surface area contributed by atoms with Gasteiger partial charge < -0.3 is 25.0 Å². The number of ether oxygens (including phenoxy) is 2. The van der Waals surface area contributed by atoms with Crippen molar-refractivity contribution in [2.75, 3.05) is 44.7 Å². The third kappa shape index (κ3) is 6.92. The van der Waals surface area contributed by atoms with Gasteiger partial charge in [-0.3, -0.25) is 4.79 Å². The summed E-state index contributed by atoms with van der Waals surface area (Å²) in [5, 5.41) is 5.70. The van der Waals surface area contributed by atoms with Crippen LogP contribution < -0.4 is 15.4 Å². The van der Waals surface area contributed by atoms with Crippen molar-refractivity contribution in [2.45, 2.75) is 36.8 Å². The number of urea groups is 1. The summed E-state index contributed by atoms with van der Waals surface area (Å²) in [7, 11) is -4.04. The lowest BCUT2D eigenvalue weighted by molar-refractivity contribution is -0.126. The van der Waals surface area contributed by atoms with E-state index in [4.69, 9.17) is 9.47 Å². The Morgan fingerprint density at radius 3 is 2.33 bits per heavy atom. The smallest absolute Gasteiger partial charge is 0.321 e. The molecular formula is C31H36N4O6S. The van der Waals surface area contributed by atoms with Gasteiger partial charge in [0.1, 0.15) is 11.8 Å². The van der Waals surface area contributed by atoms with Crippen LogP contribution in [-0.4, -0.2) is 81.1 Å². The molecule has 0 spiro atoms. The molecule has 5 rings (SSSR count). The molecule has 2 atom stereocenters. The zero-order valence-corrected chi connectivity index (χ0v) is 24.4. The molecule has 11 heteroatoms. The predicted octanol–water partition coefficient (Wildman–Crippen LogP) is 3.95. The Balaban J connectivity index is 1.33. The van der Waals surface area contributed by atoms with Gasteiger partial charge in [-0.2, -0.15) is 4.31 Å². The highest BCUT2D eigenvalue weighted by Gasteiger charge is 2.41. The number of rotatable bonds is 9. The Labute approximate surface area is 246 Å². The summed E-state index contributed by atoms with van der Waals surface area (Å²) in [6.45, 7) is 3.35. The lowest BCUT2D eigenvalue weighted by Gasteiger charge is -2.39. The van der Waals surface area contributed by atoms with Crippen molar-refractivity contribution in [3.63, 3.8) is 0 Å². The summed E-state index contributed by atoms with van der Waals surface area (Å²) in [6.07, 6.45) is 1.65. The Morgan fingerprint density at radius 1 is 0.952 bits per heavy atom. The van der Waals surface area contributed by atoms with Gasteiger partial charge in [0.15, 0.2) is 0 Å². The molecule has 3 amide bonds. The highest BCUT2D eigenvalue weighted by atomic mass is 32.2. The lowest BCUT2D eigenvalue weighted by Crippen LogP contribution is -2.62. The van der Waals surface area contributed by atoms with Crippen molar-refractivity contribution in [3.8, 4) is 16.9 Å². The van der Waals surface area contributed by atoms with Gasteiger partial charge in [0.2, 0.25) is 15.9 Å². The predicted molar refractivity (Wildman–Crippen MR) is 160 cm³/mol. The van der Waals surface area contributed by atoms with Gasteiger partial charge in [-0.15, -0.1) is 0 Å². The zero-order chi connectivity index (χ0) is 29.5. The maximum atomic E-state index is 13.9. The topological polar surface area (TPSA) is 117 Å². The quantitative estimate of drug-likeness (QED) is 0.389. The van der Waals surface area contributed by atoms with Crippen molar-refractivity contribution in [2.24, 2.45) is 0 Å². The van der Waals surface area contributed by atoms with E-state index >= 15 is 0 Å². The first-order chi connectivity index (χ1) is 20.3. The third-order valence-corrected chi connectivity index (χ3v) is 9.36. The van der Waals surface area contributed by atoms with Gasteiger partial charge in [-0.25, -0.2) is 13.2 Å². The van der Waals surface area contributed by atoms with Crippen molar-refractivity contribution >= 4 is 27.6 Å². The molecule has 3 aromatic rings. The average Bonchev–Trinajstić information content (AvgIpc) is 3.55. The minimum absolute atomic E-state index is 0.0303. The number of sulfonamides is 1. The summed E-state index contributed by atoms with van der Waals surface area (Å²) < 4.78 is 40.0. The van der Waals surface area contributed by atoms with Gasteiger partial charge in [-0.1, -0.05) is 42.5 Å². The van der Waals surface area contributed by atoms with Crippen LogP contribution in [0.4, 0.5) is 10.5 Å². The molecule has 0 radical (unpaired) electrons. The molecule has 42 heavy (non-hydrogen) atoms. The molecule has 2 aliphatic heterocycles. The van der Waals surface area contributed by atoms with Crippen LogP contribution in [0.3, 0.4) is 0 Å². The van der Waals surface area contributed by atoms with E-state index in [9.17, 15) is 18.0 Å². The van der Waals surface area contributed by atoms with Gasteiger partial charge in [0.25, 0.3) is 0 Å². The maximum Gasteiger partial charge on any atom is 0.321 e. The molecule has 2 saturated heterocycles. The van der Waals surface area contributed by atoms with E-state index in [1.165, 1.54) is 9.21 Å². The maximum absolute atomic E-state index is 13.9. The molecule has 3 aromatic carbocycles. The van der Waals surface area contributed by atoms with Crippen LogP contribution in [0.1, 0.15) is 19.8 Å². The SMILES string of the molecule is CCOc1ccc(NC(=O)N2CCN(S(=O)(=O)c3ccc(-c4ccccc4)cc3)C(C(=O)NCC3CCCO3)C2)cc1. The van der Waals surface area contributed by atoms with E-state index in [0.29, 0.717) is 24.7 Å². The fraction of sp³-hybridized carbons (Fsp3) is 0.355. The van der Waals surface area contributed by atoms with Crippen LogP contribution in [0.15, 0.2) is 83.8 Å². The molecule has 0 aromatic heterocycles. The summed E-state index contributed by atoms with van der Waals surface area (Å²) in [5.41, 5.74) is 2.42. The van der Waals surface area contributed by atoms with Crippen molar-refractivity contribution in [1.29, 1.82) is 0 Å². The average molecular weight is 593 g/mol. The summed E-state index contributed by atoms with van der Waals surface area (Å²) in [5.74, 6) is 0.225. The first kappa shape index (κ1) is 29.6. The standard InChI is InChI=1S/C31H36N4O6S/c1-2-40-26-14-12-25(13-15-26)33-31(37)34-18-19-35(29(22-34)30(36)32-21-27-9-6-20-41-27)42(38,39)28-16-10-24(11-17-28)23-7-4-3-5-8-23/h3-5,7-8,10-17,27,29H,2,6,9,18-22H2,1H3,(H,32,36)(H,33,37). The van der Waals surface area contributed by atoms with E-state index in [-0.39, 0.29) is 37.2 Å². The number of carbonyl (C=O) groups is 2. The number of nitrogens with zero attached hydrogens (tertiary/aromatic N) is 2. The second-order valence-corrected chi connectivity index (χ2v) is 12.1.